The van der Waals surface area contributed by atoms with E-state index in [4.69, 9.17) is 0 Å². The number of amides is 2. The minimum absolute atomic E-state index is 0.0127. The summed E-state index contributed by atoms with van der Waals surface area (Å²) in [6.07, 6.45) is 0.282. The Bertz CT molecular complexity index is 696. The summed E-state index contributed by atoms with van der Waals surface area (Å²) in [5.74, 6) is -0.366. The molecule has 2 fully saturated rings. The number of hydrogen-bond donors (Lipinski definition) is 0. The topological polar surface area (TPSA) is 40.6 Å². The second-order valence-electron chi connectivity index (χ2n) is 7.54. The van der Waals surface area contributed by atoms with Gasteiger partial charge in [0.2, 0.25) is 11.8 Å². The summed E-state index contributed by atoms with van der Waals surface area (Å²) in [5, 5.41) is 0. The van der Waals surface area contributed by atoms with Crippen LogP contribution in [0.1, 0.15) is 43.2 Å². The van der Waals surface area contributed by atoms with Gasteiger partial charge in [0.25, 0.3) is 0 Å². The van der Waals surface area contributed by atoms with Gasteiger partial charge in [0.15, 0.2) is 0 Å². The maximum absolute atomic E-state index is 13.1. The maximum atomic E-state index is 13.1. The molecule has 1 heterocycles. The molecule has 4 nitrogen and oxygen atoms in total. The first-order valence-electron chi connectivity index (χ1n) is 8.87. The third kappa shape index (κ3) is 3.86. The fourth-order valence-electron chi connectivity index (χ4n) is 4.15. The van der Waals surface area contributed by atoms with Crippen LogP contribution in [0.5, 0.6) is 0 Å². The first-order valence-corrected chi connectivity index (χ1v) is 8.87. The summed E-state index contributed by atoms with van der Waals surface area (Å²) in [7, 11) is 1.47. The Balaban J connectivity index is 1.63. The lowest BCUT2D eigenvalue weighted by atomic mass is 9.85. The highest BCUT2D eigenvalue weighted by Gasteiger charge is 2.45. The van der Waals surface area contributed by atoms with Gasteiger partial charge in [-0.2, -0.15) is 13.2 Å². The van der Waals surface area contributed by atoms with Crippen LogP contribution in [0.2, 0.25) is 0 Å². The summed E-state index contributed by atoms with van der Waals surface area (Å²) < 4.78 is 39.3. The molecule has 1 aromatic carbocycles. The number of likely N-dealkylation sites (tertiary alicyclic amines) is 1. The standard InChI is InChI=1S/C19H23F3N2O2/c1-23(11-14-6-2-3-7-15(14)19(20,21)22)17(26)12-24-13-18(10-16(24)25)8-4-5-9-18/h2-3,6-7H,4-5,8-13H2,1H3. The van der Waals surface area contributed by atoms with Crippen LogP contribution in [0.3, 0.4) is 0 Å². The molecule has 2 amide bonds. The number of hydrogen-bond acceptors (Lipinski definition) is 2. The molecule has 1 aliphatic carbocycles. The van der Waals surface area contributed by atoms with Gasteiger partial charge in [-0.05, 0) is 29.9 Å². The quantitative estimate of drug-likeness (QED) is 0.817. The summed E-state index contributed by atoms with van der Waals surface area (Å²) in [6, 6.07) is 5.25. The van der Waals surface area contributed by atoms with Gasteiger partial charge in [-0.15, -0.1) is 0 Å². The third-order valence-corrected chi connectivity index (χ3v) is 5.55. The Morgan fingerprint density at radius 1 is 1.23 bits per heavy atom. The van der Waals surface area contributed by atoms with Crippen LogP contribution < -0.4 is 0 Å². The van der Waals surface area contributed by atoms with E-state index in [2.05, 4.69) is 0 Å². The monoisotopic (exact) mass is 368 g/mol. The van der Waals surface area contributed by atoms with Crippen molar-refractivity contribution in [1.29, 1.82) is 0 Å². The molecule has 2 aliphatic rings. The maximum Gasteiger partial charge on any atom is 0.416 e. The van der Waals surface area contributed by atoms with Gasteiger partial charge in [0.05, 0.1) is 12.1 Å². The summed E-state index contributed by atoms with van der Waals surface area (Å²) in [5.41, 5.74) is -0.670. The van der Waals surface area contributed by atoms with Crippen molar-refractivity contribution in [3.05, 3.63) is 35.4 Å². The van der Waals surface area contributed by atoms with Crippen molar-refractivity contribution < 1.29 is 22.8 Å². The fraction of sp³-hybridized carbons (Fsp3) is 0.579. The van der Waals surface area contributed by atoms with Crippen molar-refractivity contribution in [2.45, 2.75) is 44.8 Å². The zero-order valence-electron chi connectivity index (χ0n) is 14.8. The molecule has 1 spiro atoms. The highest BCUT2D eigenvalue weighted by Crippen LogP contribution is 2.45. The second kappa shape index (κ2) is 6.93. The first kappa shape index (κ1) is 18.7. The van der Waals surface area contributed by atoms with Crippen molar-refractivity contribution in [1.82, 2.24) is 9.80 Å². The minimum Gasteiger partial charge on any atom is -0.340 e. The number of nitrogens with zero attached hydrogens (tertiary/aromatic N) is 2. The molecule has 1 saturated carbocycles. The zero-order valence-corrected chi connectivity index (χ0v) is 14.8. The Hall–Kier alpha value is -2.05. The molecule has 26 heavy (non-hydrogen) atoms. The van der Waals surface area contributed by atoms with Crippen molar-refractivity contribution in [3.63, 3.8) is 0 Å². The van der Waals surface area contributed by atoms with Gasteiger partial charge in [-0.25, -0.2) is 0 Å². The largest absolute Gasteiger partial charge is 0.416 e. The lowest BCUT2D eigenvalue weighted by Crippen LogP contribution is -2.39. The Kier molecular flexibility index (Phi) is 4.99. The van der Waals surface area contributed by atoms with Crippen LogP contribution in [0.15, 0.2) is 24.3 Å². The van der Waals surface area contributed by atoms with Gasteiger partial charge in [0, 0.05) is 26.6 Å². The molecule has 0 atom stereocenters. The van der Waals surface area contributed by atoms with Crippen molar-refractivity contribution in [2.75, 3.05) is 20.1 Å². The highest BCUT2D eigenvalue weighted by atomic mass is 19.4. The van der Waals surface area contributed by atoms with E-state index in [-0.39, 0.29) is 35.9 Å². The number of halogens is 3. The van der Waals surface area contributed by atoms with E-state index >= 15 is 0 Å². The summed E-state index contributed by atoms with van der Waals surface area (Å²) in [4.78, 5) is 27.5. The smallest absolute Gasteiger partial charge is 0.340 e. The van der Waals surface area contributed by atoms with E-state index in [1.54, 1.807) is 4.90 Å². The third-order valence-electron chi connectivity index (χ3n) is 5.55. The van der Waals surface area contributed by atoms with E-state index in [0.717, 1.165) is 31.7 Å². The average Bonchev–Trinajstić information content (AvgIpc) is 3.13. The van der Waals surface area contributed by atoms with E-state index in [0.29, 0.717) is 13.0 Å². The number of likely N-dealkylation sites (N-methyl/N-ethyl adjacent to an activating group) is 1. The Labute approximate surface area is 151 Å². The molecule has 1 aromatic rings. The molecule has 1 aliphatic heterocycles. The number of rotatable bonds is 4. The first-order chi connectivity index (χ1) is 12.2. The number of alkyl halides is 3. The predicted molar refractivity (Wildman–Crippen MR) is 90.0 cm³/mol. The van der Waals surface area contributed by atoms with Gasteiger partial charge >= 0.3 is 6.18 Å². The lowest BCUT2D eigenvalue weighted by molar-refractivity contribution is -0.140. The van der Waals surface area contributed by atoms with Gasteiger partial charge in [0.1, 0.15) is 0 Å². The Morgan fingerprint density at radius 3 is 2.54 bits per heavy atom. The molecule has 1 saturated heterocycles. The second-order valence-corrected chi connectivity index (χ2v) is 7.54. The molecule has 0 unspecified atom stereocenters. The highest BCUT2D eigenvalue weighted by molar-refractivity contribution is 5.86. The van der Waals surface area contributed by atoms with E-state index in [1.165, 1.54) is 30.1 Å². The van der Waals surface area contributed by atoms with E-state index in [1.807, 2.05) is 0 Å². The molecule has 142 valence electrons. The predicted octanol–water partition coefficient (Wildman–Crippen LogP) is 3.46. The minimum atomic E-state index is -4.46. The van der Waals surface area contributed by atoms with Gasteiger partial charge in [-0.1, -0.05) is 31.0 Å². The van der Waals surface area contributed by atoms with Gasteiger partial charge in [-0.3, -0.25) is 9.59 Å². The van der Waals surface area contributed by atoms with Crippen molar-refractivity contribution >= 4 is 11.8 Å². The van der Waals surface area contributed by atoms with E-state index in [9.17, 15) is 22.8 Å². The van der Waals surface area contributed by atoms with Crippen LogP contribution in [-0.2, 0) is 22.3 Å². The normalized spacial score (nSPS) is 19.4. The lowest BCUT2D eigenvalue weighted by Gasteiger charge is -2.25. The van der Waals surface area contributed by atoms with Crippen LogP contribution in [0.25, 0.3) is 0 Å². The molecule has 0 radical (unpaired) electrons. The zero-order chi connectivity index (χ0) is 18.9. The number of carbonyl (C=O) groups is 2. The Morgan fingerprint density at radius 2 is 1.88 bits per heavy atom. The van der Waals surface area contributed by atoms with Crippen LogP contribution in [0, 0.1) is 5.41 Å². The van der Waals surface area contributed by atoms with Crippen LogP contribution in [0.4, 0.5) is 13.2 Å². The van der Waals surface area contributed by atoms with Crippen LogP contribution in [-0.4, -0.2) is 41.8 Å². The SMILES string of the molecule is CN(Cc1ccccc1C(F)(F)F)C(=O)CN1CC2(CCCC2)CC1=O. The van der Waals surface area contributed by atoms with E-state index < -0.39 is 11.7 Å². The molecule has 0 N–H and O–H groups in total. The molecule has 0 aromatic heterocycles. The van der Waals surface area contributed by atoms with Crippen LogP contribution >= 0.6 is 0 Å². The summed E-state index contributed by atoms with van der Waals surface area (Å²) >= 11 is 0. The average molecular weight is 368 g/mol. The van der Waals surface area contributed by atoms with Gasteiger partial charge < -0.3 is 9.80 Å². The molecular weight excluding hydrogens is 345 g/mol. The number of benzene rings is 1. The molecule has 3 rings (SSSR count). The fourth-order valence-corrected chi connectivity index (χ4v) is 4.15. The molecule has 0 bridgehead atoms. The molecule has 7 heteroatoms. The number of carbonyl (C=O) groups excluding carboxylic acids is 2. The van der Waals surface area contributed by atoms with Crippen molar-refractivity contribution in [2.24, 2.45) is 5.41 Å². The molecular formula is C19H23F3N2O2. The summed E-state index contributed by atoms with van der Waals surface area (Å²) in [6.45, 7) is 0.386. The van der Waals surface area contributed by atoms with Crippen molar-refractivity contribution in [3.8, 4) is 0 Å².